The topological polar surface area (TPSA) is 61.5 Å². The molecular weight excluding hydrogens is 194 g/mol. The number of allylic oxidation sites excluding steroid dienone is 1. The average Bonchev–Trinajstić information content (AvgIpc) is 2.61. The molecule has 1 saturated heterocycles. The highest BCUT2D eigenvalue weighted by Crippen LogP contribution is 2.32. The fraction of sp³-hybridized carbons (Fsp3) is 0.727. The van der Waals surface area contributed by atoms with Crippen molar-refractivity contribution in [3.63, 3.8) is 0 Å². The molecule has 0 aromatic heterocycles. The molecule has 4 heteroatoms. The van der Waals surface area contributed by atoms with Gasteiger partial charge in [0.25, 0.3) is 0 Å². The number of nitrogens with two attached hydrogens (primary N) is 1. The van der Waals surface area contributed by atoms with Crippen LogP contribution in [0.1, 0.15) is 19.8 Å². The van der Waals surface area contributed by atoms with Gasteiger partial charge < -0.3 is 15.2 Å². The molecule has 4 nitrogen and oxygen atoms in total. The highest BCUT2D eigenvalue weighted by Gasteiger charge is 2.45. The second kappa shape index (κ2) is 3.94. The van der Waals surface area contributed by atoms with E-state index in [1.165, 1.54) is 0 Å². The van der Waals surface area contributed by atoms with Crippen LogP contribution < -0.4 is 5.73 Å². The van der Waals surface area contributed by atoms with Gasteiger partial charge in [0.2, 0.25) is 0 Å². The van der Waals surface area contributed by atoms with Crippen LogP contribution in [0.15, 0.2) is 11.8 Å². The van der Waals surface area contributed by atoms with Gasteiger partial charge in [0.15, 0.2) is 5.78 Å². The lowest BCUT2D eigenvalue weighted by Gasteiger charge is -2.27. The molecule has 0 aromatic rings. The molecule has 0 spiro atoms. The third kappa shape index (κ3) is 1.79. The first kappa shape index (κ1) is 10.6. The summed E-state index contributed by atoms with van der Waals surface area (Å²) < 4.78 is 10.4. The zero-order chi connectivity index (χ0) is 10.9. The summed E-state index contributed by atoms with van der Waals surface area (Å²) >= 11 is 0. The molecule has 2 N–H and O–H groups in total. The zero-order valence-corrected chi connectivity index (χ0v) is 8.99. The van der Waals surface area contributed by atoms with E-state index in [0.29, 0.717) is 19.8 Å². The highest BCUT2D eigenvalue weighted by atomic mass is 16.5. The van der Waals surface area contributed by atoms with Crippen molar-refractivity contribution in [2.24, 2.45) is 11.1 Å². The molecule has 0 bridgehead atoms. The smallest absolute Gasteiger partial charge is 0.171 e. The fourth-order valence-electron chi connectivity index (χ4n) is 2.02. The Kier molecular flexibility index (Phi) is 2.80. The molecule has 0 radical (unpaired) electrons. The molecule has 0 aliphatic carbocycles. The molecule has 2 unspecified atom stereocenters. The summed E-state index contributed by atoms with van der Waals surface area (Å²) in [5.74, 6) is 0.0900. The van der Waals surface area contributed by atoms with Gasteiger partial charge in [-0.1, -0.05) is 0 Å². The van der Waals surface area contributed by atoms with Gasteiger partial charge >= 0.3 is 0 Å². The van der Waals surface area contributed by atoms with E-state index in [1.807, 2.05) is 6.92 Å². The Hall–Kier alpha value is -0.870. The number of carbonyl (C=O) groups excluding carboxylic acids is 1. The minimum absolute atomic E-state index is 0.0900. The Bertz CT molecular complexity index is 300. The molecular formula is C11H17NO3. The molecule has 1 fully saturated rings. The summed E-state index contributed by atoms with van der Waals surface area (Å²) in [5, 5.41) is 0. The van der Waals surface area contributed by atoms with E-state index in [0.717, 1.165) is 18.4 Å². The first-order chi connectivity index (χ1) is 7.14. The van der Waals surface area contributed by atoms with Gasteiger partial charge in [0.1, 0.15) is 0 Å². The standard InChI is InChI=1S/C11H17NO3/c1-11(7-15-6-9(11)12)10(13)8-3-2-4-14-5-8/h5,9H,2-4,6-7,12H2,1H3. The highest BCUT2D eigenvalue weighted by molar-refractivity contribution is 6.00. The Labute approximate surface area is 89.4 Å². The lowest BCUT2D eigenvalue weighted by molar-refractivity contribution is -0.125. The molecule has 2 atom stereocenters. The zero-order valence-electron chi connectivity index (χ0n) is 8.99. The second-order valence-corrected chi connectivity index (χ2v) is 4.49. The molecule has 0 aromatic carbocycles. The van der Waals surface area contributed by atoms with Crippen LogP contribution in [0.5, 0.6) is 0 Å². The maximum atomic E-state index is 12.2. The predicted octanol–water partition coefficient (Wildman–Crippen LogP) is 0.614. The number of ketones is 1. The minimum atomic E-state index is -0.563. The number of hydrogen-bond donors (Lipinski definition) is 1. The van der Waals surface area contributed by atoms with Gasteiger partial charge in [-0.2, -0.15) is 0 Å². The Morgan fingerprint density at radius 3 is 3.00 bits per heavy atom. The third-order valence-electron chi connectivity index (χ3n) is 3.26. The molecule has 2 rings (SSSR count). The van der Waals surface area contributed by atoms with Crippen molar-refractivity contribution in [2.45, 2.75) is 25.8 Å². The van der Waals surface area contributed by atoms with Crippen molar-refractivity contribution in [1.82, 2.24) is 0 Å². The summed E-state index contributed by atoms with van der Waals surface area (Å²) in [6, 6.07) is -0.201. The van der Waals surface area contributed by atoms with Crippen LogP contribution in [0.4, 0.5) is 0 Å². The van der Waals surface area contributed by atoms with E-state index in [1.54, 1.807) is 6.26 Å². The van der Waals surface area contributed by atoms with Crippen LogP contribution in [-0.2, 0) is 14.3 Å². The summed E-state index contributed by atoms with van der Waals surface area (Å²) in [6.45, 7) is 3.47. The molecule has 2 aliphatic heterocycles. The van der Waals surface area contributed by atoms with Crippen molar-refractivity contribution < 1.29 is 14.3 Å². The normalized spacial score (nSPS) is 35.9. The van der Waals surface area contributed by atoms with Crippen LogP contribution in [0.25, 0.3) is 0 Å². The number of carbonyl (C=O) groups is 1. The largest absolute Gasteiger partial charge is 0.501 e. The summed E-state index contributed by atoms with van der Waals surface area (Å²) in [6.07, 6.45) is 3.28. The lowest BCUT2D eigenvalue weighted by atomic mass is 9.77. The van der Waals surface area contributed by atoms with E-state index in [9.17, 15) is 4.79 Å². The van der Waals surface area contributed by atoms with Crippen molar-refractivity contribution in [1.29, 1.82) is 0 Å². The van der Waals surface area contributed by atoms with Gasteiger partial charge in [0.05, 0.1) is 31.5 Å². The summed E-state index contributed by atoms with van der Waals surface area (Å²) in [5.41, 5.74) is 6.10. The van der Waals surface area contributed by atoms with Crippen LogP contribution in [0, 0.1) is 5.41 Å². The van der Waals surface area contributed by atoms with E-state index < -0.39 is 5.41 Å². The van der Waals surface area contributed by atoms with Gasteiger partial charge in [-0.15, -0.1) is 0 Å². The van der Waals surface area contributed by atoms with E-state index in [-0.39, 0.29) is 11.8 Å². The molecule has 2 heterocycles. The van der Waals surface area contributed by atoms with Crippen LogP contribution in [0.3, 0.4) is 0 Å². The first-order valence-electron chi connectivity index (χ1n) is 5.33. The number of ether oxygens (including phenoxy) is 2. The van der Waals surface area contributed by atoms with Gasteiger partial charge in [-0.05, 0) is 19.8 Å². The monoisotopic (exact) mass is 211 g/mol. The number of hydrogen-bond acceptors (Lipinski definition) is 4. The van der Waals surface area contributed by atoms with Gasteiger partial charge in [-0.25, -0.2) is 0 Å². The van der Waals surface area contributed by atoms with Crippen molar-refractivity contribution in [3.05, 3.63) is 11.8 Å². The average molecular weight is 211 g/mol. The Morgan fingerprint density at radius 1 is 1.67 bits per heavy atom. The second-order valence-electron chi connectivity index (χ2n) is 4.49. The van der Waals surface area contributed by atoms with E-state index >= 15 is 0 Å². The molecule has 0 saturated carbocycles. The quantitative estimate of drug-likeness (QED) is 0.727. The van der Waals surface area contributed by atoms with Crippen molar-refractivity contribution >= 4 is 5.78 Å². The summed E-state index contributed by atoms with van der Waals surface area (Å²) in [7, 11) is 0. The first-order valence-corrected chi connectivity index (χ1v) is 5.33. The minimum Gasteiger partial charge on any atom is -0.501 e. The van der Waals surface area contributed by atoms with Gasteiger partial charge in [-0.3, -0.25) is 4.79 Å². The number of Topliss-reactive ketones (excluding diaryl/α,β-unsaturated/α-hetero) is 1. The summed E-state index contributed by atoms with van der Waals surface area (Å²) in [4.78, 5) is 12.2. The van der Waals surface area contributed by atoms with Gasteiger partial charge in [0, 0.05) is 11.6 Å². The fourth-order valence-corrected chi connectivity index (χ4v) is 2.02. The SMILES string of the molecule is CC1(C(=O)C2=COCCC2)COCC1N. The van der Waals surface area contributed by atoms with Crippen LogP contribution >= 0.6 is 0 Å². The van der Waals surface area contributed by atoms with E-state index in [4.69, 9.17) is 15.2 Å². The molecule has 15 heavy (non-hydrogen) atoms. The maximum Gasteiger partial charge on any atom is 0.171 e. The molecule has 2 aliphatic rings. The van der Waals surface area contributed by atoms with Crippen molar-refractivity contribution in [2.75, 3.05) is 19.8 Å². The Morgan fingerprint density at radius 2 is 2.47 bits per heavy atom. The van der Waals surface area contributed by atoms with Crippen LogP contribution in [0.2, 0.25) is 0 Å². The third-order valence-corrected chi connectivity index (χ3v) is 3.26. The predicted molar refractivity (Wildman–Crippen MR) is 55.2 cm³/mol. The maximum absolute atomic E-state index is 12.2. The lowest BCUT2D eigenvalue weighted by Crippen LogP contribution is -2.45. The Balaban J connectivity index is 2.16. The van der Waals surface area contributed by atoms with E-state index in [2.05, 4.69) is 0 Å². The number of rotatable bonds is 2. The van der Waals surface area contributed by atoms with Crippen LogP contribution in [-0.4, -0.2) is 31.6 Å². The van der Waals surface area contributed by atoms with Crippen molar-refractivity contribution in [3.8, 4) is 0 Å². The molecule has 0 amide bonds. The molecule has 84 valence electrons.